The molecule has 0 radical (unpaired) electrons. The molecular formula is C26H21FN2O3. The number of para-hydroxylation sites is 1. The first-order chi connectivity index (χ1) is 15.5. The number of carbonyl (C=O) groups is 1. The van der Waals surface area contributed by atoms with E-state index in [4.69, 9.17) is 15.6 Å². The number of carboxylic acids is 1. The number of fused-ring (bicyclic) bond motifs is 1. The minimum absolute atomic E-state index is 0.167. The van der Waals surface area contributed by atoms with Crippen molar-refractivity contribution in [1.29, 1.82) is 0 Å². The summed E-state index contributed by atoms with van der Waals surface area (Å²) in [5, 5.41) is 10.1. The van der Waals surface area contributed by atoms with Crippen molar-refractivity contribution in [2.45, 2.75) is 6.04 Å². The second-order valence-electron chi connectivity index (χ2n) is 7.33. The van der Waals surface area contributed by atoms with E-state index in [0.29, 0.717) is 5.75 Å². The fourth-order valence-electron chi connectivity index (χ4n) is 3.33. The number of carboxylic acid groups (broad SMARTS) is 1. The average molecular weight is 428 g/mol. The lowest BCUT2D eigenvalue weighted by Gasteiger charge is -2.18. The van der Waals surface area contributed by atoms with E-state index in [9.17, 15) is 9.18 Å². The summed E-state index contributed by atoms with van der Waals surface area (Å²) in [6.07, 6.45) is 3.61. The summed E-state index contributed by atoms with van der Waals surface area (Å²) in [5.41, 5.74) is 10.0. The summed E-state index contributed by atoms with van der Waals surface area (Å²) < 4.78 is 19.1. The van der Waals surface area contributed by atoms with Gasteiger partial charge in [0.2, 0.25) is 0 Å². The number of benzene rings is 3. The lowest BCUT2D eigenvalue weighted by Crippen LogP contribution is -2.18. The Labute approximate surface area is 184 Å². The molecule has 1 heterocycles. The predicted octanol–water partition coefficient (Wildman–Crippen LogP) is 5.23. The van der Waals surface area contributed by atoms with Gasteiger partial charge in [-0.1, -0.05) is 36.4 Å². The molecule has 160 valence electrons. The molecule has 0 fully saturated rings. The van der Waals surface area contributed by atoms with E-state index >= 15 is 0 Å². The highest BCUT2D eigenvalue weighted by Gasteiger charge is 2.15. The summed E-state index contributed by atoms with van der Waals surface area (Å²) in [4.78, 5) is 15.6. The van der Waals surface area contributed by atoms with Crippen molar-refractivity contribution in [2.75, 3.05) is 6.61 Å². The Kier molecular flexibility index (Phi) is 6.24. The number of nitrogens with zero attached hydrogens (tertiary/aromatic N) is 1. The molecule has 32 heavy (non-hydrogen) atoms. The molecular weight excluding hydrogens is 407 g/mol. The van der Waals surface area contributed by atoms with Crippen LogP contribution in [-0.2, 0) is 0 Å². The van der Waals surface area contributed by atoms with Crippen LogP contribution in [0.4, 0.5) is 4.39 Å². The van der Waals surface area contributed by atoms with Gasteiger partial charge in [0.15, 0.2) is 0 Å². The molecule has 0 saturated heterocycles. The number of hydrogen-bond donors (Lipinski definition) is 2. The third-order valence-corrected chi connectivity index (χ3v) is 5.10. The van der Waals surface area contributed by atoms with E-state index in [1.807, 2.05) is 36.4 Å². The van der Waals surface area contributed by atoms with Crippen LogP contribution in [0.1, 0.15) is 27.5 Å². The maximum absolute atomic E-state index is 13.2. The third-order valence-electron chi connectivity index (χ3n) is 5.10. The predicted molar refractivity (Wildman–Crippen MR) is 122 cm³/mol. The Balaban J connectivity index is 1.65. The molecule has 4 rings (SSSR count). The molecule has 0 bridgehead atoms. The lowest BCUT2D eigenvalue weighted by atomic mass is 9.97. The number of hydrogen-bond acceptors (Lipinski definition) is 4. The molecule has 4 aromatic rings. The maximum Gasteiger partial charge on any atom is 0.335 e. The van der Waals surface area contributed by atoms with Crippen molar-refractivity contribution in [3.05, 3.63) is 113 Å². The number of ether oxygens (including phenoxy) is 1. The number of halogens is 1. The van der Waals surface area contributed by atoms with Crippen LogP contribution < -0.4 is 10.5 Å². The number of pyridine rings is 1. The largest absolute Gasteiger partial charge is 0.489 e. The normalized spacial score (nSPS) is 12.5. The van der Waals surface area contributed by atoms with Crippen LogP contribution in [0, 0.1) is 5.82 Å². The second-order valence-corrected chi connectivity index (χ2v) is 7.33. The second kappa shape index (κ2) is 9.41. The van der Waals surface area contributed by atoms with Crippen molar-refractivity contribution in [2.24, 2.45) is 5.73 Å². The zero-order chi connectivity index (χ0) is 22.5. The summed E-state index contributed by atoms with van der Waals surface area (Å²) >= 11 is 0. The zero-order valence-corrected chi connectivity index (χ0v) is 17.1. The van der Waals surface area contributed by atoms with Crippen LogP contribution in [-0.4, -0.2) is 22.7 Å². The molecule has 0 aliphatic carbocycles. The van der Waals surface area contributed by atoms with E-state index in [2.05, 4.69) is 4.98 Å². The molecule has 0 aliphatic heterocycles. The van der Waals surface area contributed by atoms with E-state index < -0.39 is 12.0 Å². The van der Waals surface area contributed by atoms with Crippen LogP contribution in [0.15, 0.2) is 90.6 Å². The molecule has 6 heteroatoms. The lowest BCUT2D eigenvalue weighted by molar-refractivity contribution is 0.0697. The van der Waals surface area contributed by atoms with Crippen LogP contribution in [0.25, 0.3) is 17.0 Å². The van der Waals surface area contributed by atoms with Crippen LogP contribution >= 0.6 is 0 Å². The summed E-state index contributed by atoms with van der Waals surface area (Å²) in [7, 11) is 0. The quantitative estimate of drug-likeness (QED) is 0.421. The molecule has 3 N–H and O–H groups in total. The molecule has 1 unspecified atom stereocenters. The molecule has 3 aromatic carbocycles. The van der Waals surface area contributed by atoms with Gasteiger partial charge in [0.25, 0.3) is 0 Å². The topological polar surface area (TPSA) is 85.4 Å². The van der Waals surface area contributed by atoms with Crippen LogP contribution in [0.5, 0.6) is 5.75 Å². The highest BCUT2D eigenvalue weighted by molar-refractivity contribution is 5.87. The Morgan fingerprint density at radius 3 is 2.50 bits per heavy atom. The average Bonchev–Trinajstić information content (AvgIpc) is 2.82. The van der Waals surface area contributed by atoms with Gasteiger partial charge in [0, 0.05) is 11.6 Å². The fraction of sp³-hybridized carbons (Fsp3) is 0.0769. The number of rotatable bonds is 7. The monoisotopic (exact) mass is 428 g/mol. The first-order valence-electron chi connectivity index (χ1n) is 10.0. The summed E-state index contributed by atoms with van der Waals surface area (Å²) in [6, 6.07) is 21.5. The van der Waals surface area contributed by atoms with Crippen molar-refractivity contribution in [3.8, 4) is 5.75 Å². The molecule has 0 aliphatic rings. The SMILES string of the molecule is NC(/C(=C/c1ccc(C(=O)O)cc1)COc1ccc(F)cc1)c1cnc2ccccc2c1. The van der Waals surface area contributed by atoms with E-state index in [1.54, 1.807) is 30.5 Å². The Bertz CT molecular complexity index is 1270. The third kappa shape index (κ3) is 4.99. The van der Waals surface area contributed by atoms with Crippen LogP contribution in [0.2, 0.25) is 0 Å². The van der Waals surface area contributed by atoms with Gasteiger partial charge < -0.3 is 15.6 Å². The summed E-state index contributed by atoms with van der Waals surface area (Å²) in [5.74, 6) is -0.813. The molecule has 0 amide bonds. The molecule has 1 atom stereocenters. The van der Waals surface area contributed by atoms with Gasteiger partial charge in [-0.15, -0.1) is 0 Å². The van der Waals surface area contributed by atoms with Gasteiger partial charge in [-0.25, -0.2) is 9.18 Å². The smallest absolute Gasteiger partial charge is 0.335 e. The highest BCUT2D eigenvalue weighted by atomic mass is 19.1. The Morgan fingerprint density at radius 1 is 1.06 bits per heavy atom. The van der Waals surface area contributed by atoms with Gasteiger partial charge >= 0.3 is 5.97 Å². The minimum atomic E-state index is -0.987. The number of aromatic nitrogens is 1. The van der Waals surface area contributed by atoms with E-state index in [1.165, 1.54) is 24.3 Å². The first kappa shape index (κ1) is 21.2. The van der Waals surface area contributed by atoms with Crippen molar-refractivity contribution >= 4 is 22.9 Å². The van der Waals surface area contributed by atoms with Gasteiger partial charge in [0.1, 0.15) is 18.2 Å². The van der Waals surface area contributed by atoms with Gasteiger partial charge in [-0.05, 0) is 65.2 Å². The highest BCUT2D eigenvalue weighted by Crippen LogP contribution is 2.25. The van der Waals surface area contributed by atoms with Crippen molar-refractivity contribution in [1.82, 2.24) is 4.98 Å². The van der Waals surface area contributed by atoms with Gasteiger partial charge in [-0.2, -0.15) is 0 Å². The Morgan fingerprint density at radius 2 is 1.78 bits per heavy atom. The Hall–Kier alpha value is -4.03. The first-order valence-corrected chi connectivity index (χ1v) is 10.0. The van der Waals surface area contributed by atoms with Crippen LogP contribution in [0.3, 0.4) is 0 Å². The molecule has 0 saturated carbocycles. The zero-order valence-electron chi connectivity index (χ0n) is 17.1. The van der Waals surface area contributed by atoms with Crippen molar-refractivity contribution in [3.63, 3.8) is 0 Å². The summed E-state index contributed by atoms with van der Waals surface area (Å²) in [6.45, 7) is 0.167. The van der Waals surface area contributed by atoms with E-state index in [0.717, 1.165) is 27.6 Å². The van der Waals surface area contributed by atoms with E-state index in [-0.39, 0.29) is 18.0 Å². The minimum Gasteiger partial charge on any atom is -0.489 e. The van der Waals surface area contributed by atoms with Gasteiger partial charge in [0.05, 0.1) is 17.1 Å². The number of nitrogens with two attached hydrogens (primary N) is 1. The number of aromatic carboxylic acids is 1. The fourth-order valence-corrected chi connectivity index (χ4v) is 3.33. The molecule has 0 spiro atoms. The molecule has 5 nitrogen and oxygen atoms in total. The standard InChI is InChI=1S/C26H21FN2O3/c27-22-9-11-23(12-10-22)32-16-21(13-17-5-7-18(8-6-17)26(30)31)25(28)20-14-19-3-1-2-4-24(19)29-15-20/h1-15,25H,16,28H2,(H,30,31)/b21-13+. The molecule has 1 aromatic heterocycles. The van der Waals surface area contributed by atoms with Crippen molar-refractivity contribution < 1.29 is 19.0 Å². The maximum atomic E-state index is 13.2. The van der Waals surface area contributed by atoms with Gasteiger partial charge in [-0.3, -0.25) is 4.98 Å².